The zero-order valence-electron chi connectivity index (χ0n) is 9.52. The Kier molecular flexibility index (Phi) is 11.7. The number of hydrogen-bond donors (Lipinski definition) is 2. The Morgan fingerprint density at radius 3 is 2.13 bits per heavy atom. The van der Waals surface area contributed by atoms with Crippen molar-refractivity contribution in [1.82, 2.24) is 4.90 Å². The van der Waals surface area contributed by atoms with Crippen molar-refractivity contribution in [1.29, 1.82) is 0 Å². The van der Waals surface area contributed by atoms with Crippen molar-refractivity contribution in [3.63, 3.8) is 0 Å². The van der Waals surface area contributed by atoms with Gasteiger partial charge in [-0.1, -0.05) is 0 Å². The average Bonchev–Trinajstić information content (AvgIpc) is 2.24. The number of hydrogen-bond acceptors (Lipinski definition) is 5. The van der Waals surface area contributed by atoms with Gasteiger partial charge >= 0.3 is 0 Å². The van der Waals surface area contributed by atoms with Gasteiger partial charge in [0.1, 0.15) is 0 Å². The highest BCUT2D eigenvalue weighted by atomic mass is 16.5. The van der Waals surface area contributed by atoms with Crippen LogP contribution in [0.2, 0.25) is 0 Å². The molecule has 0 saturated heterocycles. The molecule has 5 nitrogen and oxygen atoms in total. The Labute approximate surface area is 91.6 Å². The molecule has 0 aliphatic carbocycles. The SMILES string of the molecule is COCCOCCCN(CCO)CCO. The minimum absolute atomic E-state index is 0.129. The van der Waals surface area contributed by atoms with E-state index in [9.17, 15) is 0 Å². The standard InChI is InChI=1S/C10H23NO4/c1-14-9-10-15-8-2-3-11(4-6-12)5-7-13/h12-13H,2-10H2,1H3. The van der Waals surface area contributed by atoms with E-state index in [4.69, 9.17) is 19.7 Å². The highest BCUT2D eigenvalue weighted by Crippen LogP contribution is 1.91. The summed E-state index contributed by atoms with van der Waals surface area (Å²) in [5.74, 6) is 0. The van der Waals surface area contributed by atoms with Gasteiger partial charge in [-0.05, 0) is 6.42 Å². The third-order valence-electron chi connectivity index (χ3n) is 2.03. The lowest BCUT2D eigenvalue weighted by Crippen LogP contribution is -2.31. The lowest BCUT2D eigenvalue weighted by molar-refractivity contribution is 0.0630. The quantitative estimate of drug-likeness (QED) is 0.453. The second-order valence-electron chi connectivity index (χ2n) is 3.25. The fraction of sp³-hybridized carbons (Fsp3) is 1.00. The van der Waals surface area contributed by atoms with E-state index in [1.165, 1.54) is 0 Å². The van der Waals surface area contributed by atoms with Gasteiger partial charge in [0.15, 0.2) is 0 Å². The van der Waals surface area contributed by atoms with Gasteiger partial charge in [-0.25, -0.2) is 0 Å². The van der Waals surface area contributed by atoms with Crippen molar-refractivity contribution >= 4 is 0 Å². The summed E-state index contributed by atoms with van der Waals surface area (Å²) in [5, 5.41) is 17.5. The van der Waals surface area contributed by atoms with Crippen LogP contribution in [0.25, 0.3) is 0 Å². The van der Waals surface area contributed by atoms with Crippen molar-refractivity contribution in [2.45, 2.75) is 6.42 Å². The molecule has 0 aromatic rings. The second kappa shape index (κ2) is 11.9. The molecule has 0 unspecified atom stereocenters. The van der Waals surface area contributed by atoms with Crippen molar-refractivity contribution in [2.75, 3.05) is 59.8 Å². The van der Waals surface area contributed by atoms with Crippen LogP contribution in [-0.2, 0) is 9.47 Å². The number of aliphatic hydroxyl groups excluding tert-OH is 2. The fourth-order valence-electron chi connectivity index (χ4n) is 1.25. The van der Waals surface area contributed by atoms with Crippen LogP contribution in [0.1, 0.15) is 6.42 Å². The van der Waals surface area contributed by atoms with Crippen molar-refractivity contribution in [3.8, 4) is 0 Å². The fourth-order valence-corrected chi connectivity index (χ4v) is 1.25. The van der Waals surface area contributed by atoms with E-state index in [1.807, 2.05) is 4.90 Å². The first-order valence-electron chi connectivity index (χ1n) is 5.36. The van der Waals surface area contributed by atoms with Crippen LogP contribution in [0, 0.1) is 0 Å². The first-order chi connectivity index (χ1) is 7.35. The highest BCUT2D eigenvalue weighted by Gasteiger charge is 2.02. The minimum atomic E-state index is 0.129. The highest BCUT2D eigenvalue weighted by molar-refractivity contribution is 4.56. The first kappa shape index (κ1) is 14.8. The van der Waals surface area contributed by atoms with Gasteiger partial charge in [0.05, 0.1) is 26.4 Å². The average molecular weight is 221 g/mol. The number of nitrogens with zero attached hydrogens (tertiary/aromatic N) is 1. The normalized spacial score (nSPS) is 11.2. The topological polar surface area (TPSA) is 62.2 Å². The summed E-state index contributed by atoms with van der Waals surface area (Å²) in [6.45, 7) is 4.25. The van der Waals surface area contributed by atoms with Crippen LogP contribution in [0.3, 0.4) is 0 Å². The predicted octanol–water partition coefficient (Wildman–Crippen LogP) is -0.674. The molecule has 0 saturated carbocycles. The second-order valence-corrected chi connectivity index (χ2v) is 3.25. The lowest BCUT2D eigenvalue weighted by Gasteiger charge is -2.19. The van der Waals surface area contributed by atoms with Crippen LogP contribution in [-0.4, -0.2) is 74.9 Å². The summed E-state index contributed by atoms with van der Waals surface area (Å²) in [6.07, 6.45) is 0.906. The first-order valence-corrected chi connectivity index (χ1v) is 5.36. The summed E-state index contributed by atoms with van der Waals surface area (Å²) >= 11 is 0. The monoisotopic (exact) mass is 221 g/mol. The molecule has 0 fully saturated rings. The minimum Gasteiger partial charge on any atom is -0.395 e. The molecular formula is C10H23NO4. The third kappa shape index (κ3) is 10.1. The molecular weight excluding hydrogens is 198 g/mol. The number of methoxy groups -OCH3 is 1. The lowest BCUT2D eigenvalue weighted by atomic mass is 10.4. The largest absolute Gasteiger partial charge is 0.395 e. The van der Waals surface area contributed by atoms with E-state index < -0.39 is 0 Å². The molecule has 0 heterocycles. The molecule has 0 aliphatic rings. The third-order valence-corrected chi connectivity index (χ3v) is 2.03. The Morgan fingerprint density at radius 1 is 0.933 bits per heavy atom. The summed E-state index contributed by atoms with van der Waals surface area (Å²) < 4.78 is 10.1. The molecule has 15 heavy (non-hydrogen) atoms. The van der Waals surface area contributed by atoms with E-state index in [1.54, 1.807) is 7.11 Å². The Morgan fingerprint density at radius 2 is 1.60 bits per heavy atom. The molecule has 0 aromatic carbocycles. The molecule has 0 aromatic heterocycles. The summed E-state index contributed by atoms with van der Waals surface area (Å²) in [7, 11) is 1.65. The maximum atomic E-state index is 8.76. The van der Waals surface area contributed by atoms with Gasteiger partial charge in [-0.3, -0.25) is 4.90 Å². The van der Waals surface area contributed by atoms with Crippen molar-refractivity contribution < 1.29 is 19.7 Å². The summed E-state index contributed by atoms with van der Waals surface area (Å²) in [4.78, 5) is 2.01. The van der Waals surface area contributed by atoms with Gasteiger partial charge in [-0.2, -0.15) is 0 Å². The van der Waals surface area contributed by atoms with E-state index in [-0.39, 0.29) is 13.2 Å². The molecule has 2 N–H and O–H groups in total. The van der Waals surface area contributed by atoms with Crippen LogP contribution >= 0.6 is 0 Å². The van der Waals surface area contributed by atoms with Gasteiger partial charge in [0, 0.05) is 33.4 Å². The maximum absolute atomic E-state index is 8.76. The zero-order valence-corrected chi connectivity index (χ0v) is 9.52. The maximum Gasteiger partial charge on any atom is 0.0700 e. The molecule has 0 spiro atoms. The molecule has 0 rings (SSSR count). The predicted molar refractivity (Wildman–Crippen MR) is 57.9 cm³/mol. The van der Waals surface area contributed by atoms with Crippen molar-refractivity contribution in [3.05, 3.63) is 0 Å². The van der Waals surface area contributed by atoms with Crippen molar-refractivity contribution in [2.24, 2.45) is 0 Å². The summed E-state index contributed by atoms with van der Waals surface area (Å²) in [5.41, 5.74) is 0. The Balaban J connectivity index is 3.28. The van der Waals surface area contributed by atoms with Gasteiger partial charge < -0.3 is 19.7 Å². The van der Waals surface area contributed by atoms with Crippen LogP contribution in [0.5, 0.6) is 0 Å². The van der Waals surface area contributed by atoms with Crippen LogP contribution < -0.4 is 0 Å². The number of ether oxygens (including phenoxy) is 2. The summed E-state index contributed by atoms with van der Waals surface area (Å²) in [6, 6.07) is 0. The van der Waals surface area contributed by atoms with Crippen LogP contribution in [0.4, 0.5) is 0 Å². The Bertz CT molecular complexity index is 118. The van der Waals surface area contributed by atoms with E-state index >= 15 is 0 Å². The molecule has 0 aliphatic heterocycles. The molecule has 0 amide bonds. The van der Waals surface area contributed by atoms with E-state index in [0.717, 1.165) is 13.0 Å². The van der Waals surface area contributed by atoms with Gasteiger partial charge in [0.2, 0.25) is 0 Å². The smallest absolute Gasteiger partial charge is 0.0700 e. The Hall–Kier alpha value is -0.200. The molecule has 0 radical (unpaired) electrons. The molecule has 0 atom stereocenters. The van der Waals surface area contributed by atoms with E-state index in [2.05, 4.69) is 0 Å². The number of rotatable bonds is 11. The number of aliphatic hydroxyl groups is 2. The zero-order chi connectivity index (χ0) is 11.4. The molecule has 0 bridgehead atoms. The van der Waals surface area contributed by atoms with Gasteiger partial charge in [0.25, 0.3) is 0 Å². The van der Waals surface area contributed by atoms with Crippen LogP contribution in [0.15, 0.2) is 0 Å². The van der Waals surface area contributed by atoms with Gasteiger partial charge in [-0.15, -0.1) is 0 Å². The molecule has 92 valence electrons. The van der Waals surface area contributed by atoms with E-state index in [0.29, 0.717) is 32.9 Å². The molecule has 5 heteroatoms.